The van der Waals surface area contributed by atoms with Crippen LogP contribution in [-0.4, -0.2) is 18.6 Å². The molecule has 1 rings (SSSR count). The number of ether oxygens (including phenoxy) is 1. The van der Waals surface area contributed by atoms with Crippen LogP contribution in [0, 0.1) is 6.92 Å². The lowest BCUT2D eigenvalue weighted by molar-refractivity contribution is -0.127. The number of hydrogen-bond acceptors (Lipinski definition) is 2. The van der Waals surface area contributed by atoms with Crippen LogP contribution in [0.1, 0.15) is 18.9 Å². The highest BCUT2D eigenvalue weighted by Crippen LogP contribution is 2.14. The molecule has 1 atom stereocenters. The number of hydrogen-bond donors (Lipinski definition) is 1. The third-order valence-corrected chi connectivity index (χ3v) is 2.38. The highest BCUT2D eigenvalue weighted by Gasteiger charge is 2.17. The van der Waals surface area contributed by atoms with Gasteiger partial charge in [-0.1, -0.05) is 30.7 Å². The Labute approximate surface area is 102 Å². The lowest BCUT2D eigenvalue weighted by atomic mass is 10.2. The molecule has 0 spiro atoms. The van der Waals surface area contributed by atoms with E-state index in [1.165, 1.54) is 5.56 Å². The lowest BCUT2D eigenvalue weighted by Crippen LogP contribution is -2.37. The number of rotatable bonds is 6. The molecule has 0 saturated carbocycles. The van der Waals surface area contributed by atoms with E-state index in [-0.39, 0.29) is 5.91 Å². The van der Waals surface area contributed by atoms with Crippen molar-refractivity contribution >= 4 is 5.91 Å². The smallest absolute Gasteiger partial charge is 0.261 e. The summed E-state index contributed by atoms with van der Waals surface area (Å²) >= 11 is 0. The average molecular weight is 233 g/mol. The predicted octanol–water partition coefficient (Wildman–Crippen LogP) is 2.45. The molecule has 3 heteroatoms. The fourth-order valence-corrected chi connectivity index (χ4v) is 1.39. The zero-order valence-electron chi connectivity index (χ0n) is 10.4. The van der Waals surface area contributed by atoms with Gasteiger partial charge in [0.15, 0.2) is 6.10 Å². The second-order valence-electron chi connectivity index (χ2n) is 3.86. The third-order valence-electron chi connectivity index (χ3n) is 2.38. The maximum Gasteiger partial charge on any atom is 0.261 e. The Bertz CT molecular complexity index is 370. The minimum Gasteiger partial charge on any atom is -0.481 e. The van der Waals surface area contributed by atoms with E-state index in [0.29, 0.717) is 13.0 Å². The summed E-state index contributed by atoms with van der Waals surface area (Å²) in [6.07, 6.45) is 1.84. The Kier molecular flexibility index (Phi) is 5.27. The van der Waals surface area contributed by atoms with Crippen LogP contribution < -0.4 is 10.1 Å². The molecule has 92 valence electrons. The molecule has 1 amide bonds. The Morgan fingerprint density at radius 3 is 2.65 bits per heavy atom. The van der Waals surface area contributed by atoms with Gasteiger partial charge in [-0.25, -0.2) is 0 Å². The van der Waals surface area contributed by atoms with Crippen molar-refractivity contribution in [1.82, 2.24) is 5.32 Å². The summed E-state index contributed by atoms with van der Waals surface area (Å²) in [4.78, 5) is 11.7. The van der Waals surface area contributed by atoms with Crippen molar-refractivity contribution < 1.29 is 9.53 Å². The van der Waals surface area contributed by atoms with E-state index in [9.17, 15) is 4.79 Å². The Morgan fingerprint density at radius 1 is 1.47 bits per heavy atom. The zero-order valence-corrected chi connectivity index (χ0v) is 10.4. The van der Waals surface area contributed by atoms with E-state index in [1.54, 1.807) is 6.08 Å². The van der Waals surface area contributed by atoms with Crippen LogP contribution >= 0.6 is 0 Å². The van der Waals surface area contributed by atoms with E-state index in [0.717, 1.165) is 5.75 Å². The van der Waals surface area contributed by atoms with Crippen LogP contribution in [0.3, 0.4) is 0 Å². The molecule has 0 radical (unpaired) electrons. The van der Waals surface area contributed by atoms with Crippen LogP contribution in [0.25, 0.3) is 0 Å². The van der Waals surface area contributed by atoms with E-state index in [1.807, 2.05) is 38.1 Å². The molecule has 0 fully saturated rings. The molecule has 0 heterocycles. The highest BCUT2D eigenvalue weighted by atomic mass is 16.5. The molecule has 0 unspecified atom stereocenters. The lowest BCUT2D eigenvalue weighted by Gasteiger charge is -2.16. The molecular formula is C14H19NO2. The van der Waals surface area contributed by atoms with Gasteiger partial charge < -0.3 is 10.1 Å². The van der Waals surface area contributed by atoms with Gasteiger partial charge in [0.25, 0.3) is 5.91 Å². The van der Waals surface area contributed by atoms with Crippen LogP contribution in [0.4, 0.5) is 0 Å². The number of amides is 1. The summed E-state index contributed by atoms with van der Waals surface area (Å²) in [7, 11) is 0. The first-order valence-corrected chi connectivity index (χ1v) is 5.79. The number of aryl methyl sites for hydroxylation is 1. The summed E-state index contributed by atoms with van der Waals surface area (Å²) in [5.41, 5.74) is 1.17. The number of carbonyl (C=O) groups excluding carboxylic acids is 1. The summed E-state index contributed by atoms with van der Waals surface area (Å²) in [6.45, 7) is 7.96. The van der Waals surface area contributed by atoms with Crippen molar-refractivity contribution in [3.8, 4) is 5.75 Å². The Hall–Kier alpha value is -1.77. The molecule has 1 aromatic rings. The van der Waals surface area contributed by atoms with Crippen molar-refractivity contribution in [3.05, 3.63) is 42.5 Å². The van der Waals surface area contributed by atoms with Crippen LogP contribution in [0.5, 0.6) is 5.75 Å². The minimum atomic E-state index is -0.447. The minimum absolute atomic E-state index is 0.104. The van der Waals surface area contributed by atoms with Gasteiger partial charge in [0, 0.05) is 6.54 Å². The van der Waals surface area contributed by atoms with Gasteiger partial charge in [0.05, 0.1) is 0 Å². The molecule has 0 bridgehead atoms. The molecule has 3 nitrogen and oxygen atoms in total. The summed E-state index contributed by atoms with van der Waals surface area (Å²) in [6, 6.07) is 7.67. The second kappa shape index (κ2) is 6.74. The fraction of sp³-hybridized carbons (Fsp3) is 0.357. The van der Waals surface area contributed by atoms with Crippen LogP contribution in [-0.2, 0) is 4.79 Å². The molecule has 1 N–H and O–H groups in total. The van der Waals surface area contributed by atoms with Gasteiger partial charge in [-0.05, 0) is 25.5 Å². The van der Waals surface area contributed by atoms with Crippen molar-refractivity contribution in [3.63, 3.8) is 0 Å². The van der Waals surface area contributed by atoms with E-state index in [4.69, 9.17) is 4.74 Å². The maximum absolute atomic E-state index is 11.7. The second-order valence-corrected chi connectivity index (χ2v) is 3.86. The van der Waals surface area contributed by atoms with Gasteiger partial charge >= 0.3 is 0 Å². The van der Waals surface area contributed by atoms with Crippen molar-refractivity contribution in [1.29, 1.82) is 0 Å². The summed E-state index contributed by atoms with van der Waals surface area (Å²) in [5, 5.41) is 2.73. The van der Waals surface area contributed by atoms with Crippen molar-refractivity contribution in [2.75, 3.05) is 6.54 Å². The van der Waals surface area contributed by atoms with E-state index < -0.39 is 6.10 Å². The summed E-state index contributed by atoms with van der Waals surface area (Å²) < 4.78 is 5.63. The predicted molar refractivity (Wildman–Crippen MR) is 69.1 cm³/mol. The standard InChI is InChI=1S/C14H19NO2/c1-4-10-15-14(16)13(5-2)17-12-8-6-11(3)7-9-12/h4,6-9,13H,1,5,10H2,2-3H3,(H,15,16)/t13-/m0/s1. The zero-order chi connectivity index (χ0) is 12.7. The first-order valence-electron chi connectivity index (χ1n) is 5.79. The topological polar surface area (TPSA) is 38.3 Å². The molecule has 0 aromatic heterocycles. The largest absolute Gasteiger partial charge is 0.481 e. The molecule has 0 aliphatic carbocycles. The number of carbonyl (C=O) groups is 1. The molecular weight excluding hydrogens is 214 g/mol. The van der Waals surface area contributed by atoms with Gasteiger partial charge in [-0.3, -0.25) is 4.79 Å². The molecule has 0 aliphatic rings. The molecule has 0 saturated heterocycles. The monoisotopic (exact) mass is 233 g/mol. The molecule has 1 aromatic carbocycles. The summed E-state index contributed by atoms with van der Waals surface area (Å²) in [5.74, 6) is 0.615. The first kappa shape index (κ1) is 13.3. The van der Waals surface area contributed by atoms with E-state index in [2.05, 4.69) is 11.9 Å². The van der Waals surface area contributed by atoms with Crippen LogP contribution in [0.15, 0.2) is 36.9 Å². The average Bonchev–Trinajstić information content (AvgIpc) is 2.35. The normalized spacial score (nSPS) is 11.6. The SMILES string of the molecule is C=CCNC(=O)[C@H](CC)Oc1ccc(C)cc1. The van der Waals surface area contributed by atoms with Gasteiger partial charge in [-0.2, -0.15) is 0 Å². The van der Waals surface area contributed by atoms with Gasteiger partial charge in [0.1, 0.15) is 5.75 Å². The van der Waals surface area contributed by atoms with Crippen molar-refractivity contribution in [2.45, 2.75) is 26.4 Å². The maximum atomic E-state index is 11.7. The Balaban J connectivity index is 2.59. The van der Waals surface area contributed by atoms with Gasteiger partial charge in [-0.15, -0.1) is 6.58 Å². The van der Waals surface area contributed by atoms with Crippen LogP contribution in [0.2, 0.25) is 0 Å². The van der Waals surface area contributed by atoms with Gasteiger partial charge in [0.2, 0.25) is 0 Å². The third kappa shape index (κ3) is 4.31. The molecule has 0 aliphatic heterocycles. The quantitative estimate of drug-likeness (QED) is 0.766. The van der Waals surface area contributed by atoms with E-state index >= 15 is 0 Å². The first-order chi connectivity index (χ1) is 8.17. The number of benzene rings is 1. The number of nitrogens with one attached hydrogen (secondary N) is 1. The fourth-order valence-electron chi connectivity index (χ4n) is 1.39. The van der Waals surface area contributed by atoms with Crippen molar-refractivity contribution in [2.24, 2.45) is 0 Å². The molecule has 17 heavy (non-hydrogen) atoms. The highest BCUT2D eigenvalue weighted by molar-refractivity contribution is 5.81. The Morgan fingerprint density at radius 2 is 2.12 bits per heavy atom.